The molecule has 0 atom stereocenters. The highest BCUT2D eigenvalue weighted by Crippen LogP contribution is 2.22. The third-order valence-corrected chi connectivity index (χ3v) is 3.63. The molecule has 0 saturated heterocycles. The van der Waals surface area contributed by atoms with Gasteiger partial charge in [0.2, 0.25) is 10.0 Å². The van der Waals surface area contributed by atoms with Crippen molar-refractivity contribution in [2.24, 2.45) is 0 Å². The highest BCUT2D eigenvalue weighted by molar-refractivity contribution is 7.92. The van der Waals surface area contributed by atoms with Gasteiger partial charge in [-0.3, -0.25) is 4.31 Å². The Labute approximate surface area is 103 Å². The van der Waals surface area contributed by atoms with Crippen LogP contribution in [0.3, 0.4) is 0 Å². The van der Waals surface area contributed by atoms with Crippen molar-refractivity contribution in [2.75, 3.05) is 17.6 Å². The quantitative estimate of drug-likeness (QED) is 0.822. The molecule has 0 N–H and O–H groups in total. The van der Waals surface area contributed by atoms with Crippen LogP contribution in [-0.2, 0) is 10.0 Å². The second-order valence-electron chi connectivity index (χ2n) is 3.16. The molecule has 1 aromatic rings. The van der Waals surface area contributed by atoms with Crippen LogP contribution >= 0.6 is 11.6 Å². The lowest BCUT2D eigenvalue weighted by Gasteiger charge is -2.17. The molecule has 0 aliphatic rings. The summed E-state index contributed by atoms with van der Waals surface area (Å²) in [7, 11) is -1.68. The predicted octanol–water partition coefficient (Wildman–Crippen LogP) is 3.07. The predicted molar refractivity (Wildman–Crippen MR) is 70.8 cm³/mol. The molecule has 1 aromatic carbocycles. The molecule has 0 unspecified atom stereocenters. The Morgan fingerprint density at radius 3 is 2.12 bits per heavy atom. The van der Waals surface area contributed by atoms with Crippen LogP contribution in [-0.4, -0.2) is 21.7 Å². The molecule has 0 bridgehead atoms. The van der Waals surface area contributed by atoms with Gasteiger partial charge in [0.1, 0.15) is 0 Å². The Kier molecular flexibility index (Phi) is 5.83. The number of halogens is 1. The Balaban J connectivity index is 0.00000106. The van der Waals surface area contributed by atoms with Crippen molar-refractivity contribution in [3.63, 3.8) is 0 Å². The highest BCUT2D eigenvalue weighted by Gasteiger charge is 2.11. The Hall–Kier alpha value is -0.740. The van der Waals surface area contributed by atoms with Crippen LogP contribution in [0.25, 0.3) is 0 Å². The van der Waals surface area contributed by atoms with E-state index in [1.54, 1.807) is 18.2 Å². The molecular weight excluding hydrogens is 246 g/mol. The van der Waals surface area contributed by atoms with Crippen molar-refractivity contribution in [3.05, 3.63) is 28.8 Å². The van der Waals surface area contributed by atoms with Crippen molar-refractivity contribution in [3.8, 4) is 0 Å². The summed E-state index contributed by atoms with van der Waals surface area (Å²) in [5.74, 6) is 0. The normalized spacial score (nSPS) is 10.4. The van der Waals surface area contributed by atoms with Crippen LogP contribution in [0.2, 0.25) is 5.02 Å². The van der Waals surface area contributed by atoms with Gasteiger partial charge >= 0.3 is 0 Å². The Morgan fingerprint density at radius 1 is 1.25 bits per heavy atom. The van der Waals surface area contributed by atoms with E-state index in [4.69, 9.17) is 11.6 Å². The van der Waals surface area contributed by atoms with E-state index in [9.17, 15) is 8.42 Å². The van der Waals surface area contributed by atoms with E-state index >= 15 is 0 Å². The third-order valence-electron chi connectivity index (χ3n) is 2.00. The van der Waals surface area contributed by atoms with Gasteiger partial charge in [-0.2, -0.15) is 0 Å². The van der Waals surface area contributed by atoms with Crippen LogP contribution in [0.5, 0.6) is 0 Å². The van der Waals surface area contributed by atoms with E-state index in [0.717, 1.165) is 11.8 Å². The topological polar surface area (TPSA) is 37.4 Å². The molecule has 0 spiro atoms. The number of hydrogen-bond donors (Lipinski definition) is 0. The van der Waals surface area contributed by atoms with E-state index < -0.39 is 10.0 Å². The van der Waals surface area contributed by atoms with Crippen LogP contribution in [0.1, 0.15) is 19.4 Å². The fraction of sp³-hybridized carbons (Fsp3) is 0.455. The first kappa shape index (κ1) is 15.3. The van der Waals surface area contributed by atoms with Crippen molar-refractivity contribution >= 4 is 27.3 Å². The number of hydrogen-bond acceptors (Lipinski definition) is 2. The lowest BCUT2D eigenvalue weighted by Crippen LogP contribution is -2.24. The molecule has 0 aliphatic carbocycles. The van der Waals surface area contributed by atoms with E-state index in [0.29, 0.717) is 10.7 Å². The molecule has 5 heteroatoms. The number of benzene rings is 1. The maximum Gasteiger partial charge on any atom is 0.231 e. The fourth-order valence-electron chi connectivity index (χ4n) is 1.02. The van der Waals surface area contributed by atoms with Crippen molar-refractivity contribution in [1.82, 2.24) is 0 Å². The molecular formula is C11H18ClNO2S. The molecule has 0 saturated carbocycles. The van der Waals surface area contributed by atoms with Gasteiger partial charge in [0, 0.05) is 12.1 Å². The molecule has 16 heavy (non-hydrogen) atoms. The molecule has 0 radical (unpaired) electrons. The van der Waals surface area contributed by atoms with E-state index in [-0.39, 0.29) is 0 Å². The SMILES string of the molecule is CC.Cc1cc(N(C)S(C)(=O)=O)ccc1Cl. The lowest BCUT2D eigenvalue weighted by molar-refractivity contribution is 0.600. The monoisotopic (exact) mass is 263 g/mol. The molecule has 92 valence electrons. The maximum absolute atomic E-state index is 11.2. The minimum Gasteiger partial charge on any atom is -0.274 e. The summed E-state index contributed by atoms with van der Waals surface area (Å²) < 4.78 is 23.7. The second kappa shape index (κ2) is 6.11. The minimum absolute atomic E-state index is 0.620. The second-order valence-corrected chi connectivity index (χ2v) is 5.58. The van der Waals surface area contributed by atoms with Gasteiger partial charge in [-0.15, -0.1) is 0 Å². The summed E-state index contributed by atoms with van der Waals surface area (Å²) in [6.45, 7) is 5.84. The molecule has 1 rings (SSSR count). The third kappa shape index (κ3) is 4.02. The van der Waals surface area contributed by atoms with Gasteiger partial charge in [0.15, 0.2) is 0 Å². The number of nitrogens with zero attached hydrogens (tertiary/aromatic N) is 1. The average Bonchev–Trinajstić information content (AvgIpc) is 2.23. The van der Waals surface area contributed by atoms with Gasteiger partial charge in [0.05, 0.1) is 11.9 Å². The number of aryl methyl sites for hydroxylation is 1. The first-order chi connectivity index (χ1) is 7.32. The number of sulfonamides is 1. The lowest BCUT2D eigenvalue weighted by atomic mass is 10.2. The number of anilines is 1. The van der Waals surface area contributed by atoms with Crippen LogP contribution < -0.4 is 4.31 Å². The zero-order valence-corrected chi connectivity index (χ0v) is 11.9. The average molecular weight is 264 g/mol. The van der Waals surface area contributed by atoms with E-state index in [2.05, 4.69) is 0 Å². The van der Waals surface area contributed by atoms with Crippen molar-refractivity contribution < 1.29 is 8.42 Å². The highest BCUT2D eigenvalue weighted by atomic mass is 35.5. The molecule has 3 nitrogen and oxygen atoms in total. The number of rotatable bonds is 2. The summed E-state index contributed by atoms with van der Waals surface area (Å²) in [5, 5.41) is 0.635. The zero-order valence-electron chi connectivity index (χ0n) is 10.3. The Morgan fingerprint density at radius 2 is 1.75 bits per heavy atom. The van der Waals surface area contributed by atoms with Gasteiger partial charge in [-0.05, 0) is 30.7 Å². The van der Waals surface area contributed by atoms with Crippen LogP contribution in [0, 0.1) is 6.92 Å². The molecule has 0 heterocycles. The maximum atomic E-state index is 11.2. The summed E-state index contributed by atoms with van der Waals surface area (Å²) in [6.07, 6.45) is 1.16. The van der Waals surface area contributed by atoms with Crippen molar-refractivity contribution in [2.45, 2.75) is 20.8 Å². The fourth-order valence-corrected chi connectivity index (χ4v) is 1.63. The first-order valence-electron chi connectivity index (χ1n) is 5.02. The zero-order chi connectivity index (χ0) is 12.9. The summed E-state index contributed by atoms with van der Waals surface area (Å²) in [5.41, 5.74) is 1.48. The van der Waals surface area contributed by atoms with E-state index in [1.165, 1.54) is 11.4 Å². The largest absolute Gasteiger partial charge is 0.274 e. The van der Waals surface area contributed by atoms with Gasteiger partial charge in [-0.25, -0.2) is 8.42 Å². The first-order valence-corrected chi connectivity index (χ1v) is 7.25. The standard InChI is InChI=1S/C9H12ClNO2S.C2H6/c1-7-6-8(4-5-9(7)10)11(2)14(3,12)13;1-2/h4-6H,1-3H3;1-2H3. The minimum atomic E-state index is -3.20. The van der Waals surface area contributed by atoms with Crippen molar-refractivity contribution in [1.29, 1.82) is 0 Å². The van der Waals surface area contributed by atoms with Gasteiger partial charge in [-0.1, -0.05) is 25.4 Å². The molecule has 0 aliphatic heterocycles. The van der Waals surface area contributed by atoms with Gasteiger partial charge < -0.3 is 0 Å². The summed E-state index contributed by atoms with van der Waals surface area (Å²) in [6, 6.07) is 5.10. The van der Waals surface area contributed by atoms with Crippen LogP contribution in [0.4, 0.5) is 5.69 Å². The molecule has 0 aromatic heterocycles. The Bertz CT molecular complexity index is 443. The molecule has 0 amide bonds. The smallest absolute Gasteiger partial charge is 0.231 e. The summed E-state index contributed by atoms with van der Waals surface area (Å²) in [4.78, 5) is 0. The van der Waals surface area contributed by atoms with Gasteiger partial charge in [0.25, 0.3) is 0 Å². The summed E-state index contributed by atoms with van der Waals surface area (Å²) >= 11 is 5.83. The van der Waals surface area contributed by atoms with Crippen LogP contribution in [0.15, 0.2) is 18.2 Å². The van der Waals surface area contributed by atoms with E-state index in [1.807, 2.05) is 20.8 Å². The molecule has 0 fully saturated rings.